The van der Waals surface area contributed by atoms with Crippen LogP contribution in [-0.2, 0) is 16.1 Å². The highest BCUT2D eigenvalue weighted by Crippen LogP contribution is 2.37. The quantitative estimate of drug-likeness (QED) is 0.916. The molecule has 1 aromatic heterocycles. The van der Waals surface area contributed by atoms with Gasteiger partial charge in [0.05, 0.1) is 19.6 Å². The number of hydrogen-bond acceptors (Lipinski definition) is 4. The number of carbonyl (C=O) groups is 2. The third-order valence-corrected chi connectivity index (χ3v) is 4.20. The van der Waals surface area contributed by atoms with Crippen molar-refractivity contribution in [2.24, 2.45) is 0 Å². The number of carbonyl (C=O) groups excluding carboxylic acids is 2. The summed E-state index contributed by atoms with van der Waals surface area (Å²) in [4.78, 5) is 26.3. The van der Waals surface area contributed by atoms with E-state index in [1.807, 2.05) is 25.1 Å². The van der Waals surface area contributed by atoms with Crippen molar-refractivity contribution in [1.82, 2.24) is 4.90 Å². The van der Waals surface area contributed by atoms with Crippen molar-refractivity contribution in [3.63, 3.8) is 0 Å². The number of anilines is 1. The summed E-state index contributed by atoms with van der Waals surface area (Å²) in [6, 6.07) is 9.11. The summed E-state index contributed by atoms with van der Waals surface area (Å²) < 4.78 is 10.7. The zero-order chi connectivity index (χ0) is 17.3. The van der Waals surface area contributed by atoms with E-state index < -0.39 is 5.92 Å². The smallest absolute Gasteiger partial charge is 0.232 e. The lowest BCUT2D eigenvalue weighted by Crippen LogP contribution is -2.29. The lowest BCUT2D eigenvalue weighted by molar-refractivity contribution is -0.132. The van der Waals surface area contributed by atoms with Gasteiger partial charge in [0.1, 0.15) is 17.3 Å². The number of furan rings is 1. The Morgan fingerprint density at radius 3 is 2.79 bits per heavy atom. The monoisotopic (exact) mass is 328 g/mol. The van der Waals surface area contributed by atoms with Crippen molar-refractivity contribution in [2.75, 3.05) is 19.5 Å². The van der Waals surface area contributed by atoms with Crippen LogP contribution in [0.1, 0.15) is 29.4 Å². The Morgan fingerprint density at radius 2 is 2.12 bits per heavy atom. The normalized spacial score (nSPS) is 15.8. The molecule has 0 saturated heterocycles. The summed E-state index contributed by atoms with van der Waals surface area (Å²) in [6.45, 7) is 2.25. The van der Waals surface area contributed by atoms with E-state index in [0.29, 0.717) is 18.0 Å². The van der Waals surface area contributed by atoms with Gasteiger partial charge in [-0.2, -0.15) is 0 Å². The fourth-order valence-corrected chi connectivity index (χ4v) is 2.86. The first-order valence-corrected chi connectivity index (χ1v) is 7.76. The number of benzene rings is 1. The van der Waals surface area contributed by atoms with Crippen LogP contribution in [-0.4, -0.2) is 30.9 Å². The fourth-order valence-electron chi connectivity index (χ4n) is 2.86. The van der Waals surface area contributed by atoms with Gasteiger partial charge in [0.25, 0.3) is 0 Å². The van der Waals surface area contributed by atoms with Gasteiger partial charge < -0.3 is 19.4 Å². The highest BCUT2D eigenvalue weighted by atomic mass is 16.5. The van der Waals surface area contributed by atoms with Crippen LogP contribution in [0, 0.1) is 6.92 Å². The SMILES string of the molecule is COc1ccc2c(c1)NC(=O)[C@H]2CC(=O)N(C)Cc1ccc(C)o1. The summed E-state index contributed by atoms with van der Waals surface area (Å²) in [5.74, 6) is 1.47. The maximum absolute atomic E-state index is 12.5. The number of nitrogens with one attached hydrogen (secondary N) is 1. The number of fused-ring (bicyclic) bond motifs is 1. The largest absolute Gasteiger partial charge is 0.497 e. The predicted octanol–water partition coefficient (Wildman–Crippen LogP) is 2.68. The molecule has 1 aliphatic heterocycles. The van der Waals surface area contributed by atoms with Crippen molar-refractivity contribution in [2.45, 2.75) is 25.8 Å². The number of methoxy groups -OCH3 is 1. The number of nitrogens with zero attached hydrogens (tertiary/aromatic N) is 1. The second kappa shape index (κ2) is 6.39. The summed E-state index contributed by atoms with van der Waals surface area (Å²) >= 11 is 0. The first-order valence-electron chi connectivity index (χ1n) is 7.76. The molecule has 24 heavy (non-hydrogen) atoms. The van der Waals surface area contributed by atoms with Crippen LogP contribution in [0.15, 0.2) is 34.7 Å². The molecule has 0 bridgehead atoms. The van der Waals surface area contributed by atoms with E-state index in [2.05, 4.69) is 5.32 Å². The third-order valence-electron chi connectivity index (χ3n) is 4.20. The zero-order valence-electron chi connectivity index (χ0n) is 14.0. The molecule has 1 aliphatic rings. The van der Waals surface area contributed by atoms with Crippen molar-refractivity contribution < 1.29 is 18.7 Å². The van der Waals surface area contributed by atoms with Gasteiger partial charge in [-0.3, -0.25) is 9.59 Å². The Hall–Kier alpha value is -2.76. The molecule has 2 heterocycles. The molecule has 2 amide bonds. The standard InChI is InChI=1S/C18H20N2O4/c1-11-4-5-13(24-11)10-20(2)17(21)9-15-14-7-6-12(23-3)8-16(14)19-18(15)22/h4-8,15H,9-10H2,1-3H3,(H,19,22)/t15-/m0/s1. The van der Waals surface area contributed by atoms with E-state index in [1.54, 1.807) is 31.2 Å². The van der Waals surface area contributed by atoms with Gasteiger partial charge in [-0.25, -0.2) is 0 Å². The predicted molar refractivity (Wildman–Crippen MR) is 88.9 cm³/mol. The lowest BCUT2D eigenvalue weighted by atomic mass is 9.96. The number of hydrogen-bond donors (Lipinski definition) is 1. The molecule has 3 rings (SSSR count). The van der Waals surface area contributed by atoms with Crippen LogP contribution >= 0.6 is 0 Å². The average molecular weight is 328 g/mol. The molecule has 6 nitrogen and oxygen atoms in total. The number of ether oxygens (including phenoxy) is 1. The molecular weight excluding hydrogens is 308 g/mol. The number of aryl methyl sites for hydroxylation is 1. The lowest BCUT2D eigenvalue weighted by Gasteiger charge is -2.18. The van der Waals surface area contributed by atoms with Crippen LogP contribution in [0.5, 0.6) is 5.75 Å². The second-order valence-electron chi connectivity index (χ2n) is 5.96. The molecule has 2 aromatic rings. The molecule has 6 heteroatoms. The fraction of sp³-hybridized carbons (Fsp3) is 0.333. The zero-order valence-corrected chi connectivity index (χ0v) is 14.0. The third kappa shape index (κ3) is 3.13. The average Bonchev–Trinajstić information content (AvgIpc) is 3.10. The van der Waals surface area contributed by atoms with E-state index >= 15 is 0 Å². The molecular formula is C18H20N2O4. The van der Waals surface area contributed by atoms with Crippen molar-refractivity contribution in [1.29, 1.82) is 0 Å². The number of amides is 2. The van der Waals surface area contributed by atoms with Crippen LogP contribution in [0.4, 0.5) is 5.69 Å². The van der Waals surface area contributed by atoms with E-state index in [9.17, 15) is 9.59 Å². The maximum atomic E-state index is 12.5. The van der Waals surface area contributed by atoms with E-state index in [0.717, 1.165) is 17.1 Å². The Labute approximate surface area is 140 Å². The van der Waals surface area contributed by atoms with Crippen LogP contribution < -0.4 is 10.1 Å². The highest BCUT2D eigenvalue weighted by Gasteiger charge is 2.33. The minimum absolute atomic E-state index is 0.104. The van der Waals surface area contributed by atoms with Crippen molar-refractivity contribution in [3.8, 4) is 5.75 Å². The molecule has 0 spiro atoms. The van der Waals surface area contributed by atoms with E-state index in [1.165, 1.54) is 0 Å². The van der Waals surface area contributed by atoms with Gasteiger partial charge in [-0.15, -0.1) is 0 Å². The van der Waals surface area contributed by atoms with Gasteiger partial charge in [0, 0.05) is 25.2 Å². The highest BCUT2D eigenvalue weighted by molar-refractivity contribution is 6.05. The minimum atomic E-state index is -0.473. The van der Waals surface area contributed by atoms with Gasteiger partial charge in [0.15, 0.2) is 0 Å². The Kier molecular flexibility index (Phi) is 4.29. The molecule has 1 atom stereocenters. The Balaban J connectivity index is 1.69. The maximum Gasteiger partial charge on any atom is 0.232 e. The van der Waals surface area contributed by atoms with Crippen LogP contribution in [0.25, 0.3) is 0 Å². The summed E-state index contributed by atoms with van der Waals surface area (Å²) in [6.07, 6.45) is 0.126. The van der Waals surface area contributed by atoms with Crippen LogP contribution in [0.3, 0.4) is 0 Å². The molecule has 0 unspecified atom stereocenters. The van der Waals surface area contributed by atoms with Crippen LogP contribution in [0.2, 0.25) is 0 Å². The first kappa shape index (κ1) is 16.1. The van der Waals surface area contributed by atoms with Crippen molar-refractivity contribution in [3.05, 3.63) is 47.4 Å². The minimum Gasteiger partial charge on any atom is -0.497 e. The molecule has 1 N–H and O–H groups in total. The number of rotatable bonds is 5. The van der Waals surface area contributed by atoms with Gasteiger partial charge in [0.2, 0.25) is 11.8 Å². The topological polar surface area (TPSA) is 71.8 Å². The molecule has 0 radical (unpaired) electrons. The molecule has 1 aromatic carbocycles. The van der Waals surface area contributed by atoms with E-state index in [-0.39, 0.29) is 18.2 Å². The van der Waals surface area contributed by atoms with Crippen molar-refractivity contribution >= 4 is 17.5 Å². The molecule has 126 valence electrons. The molecule has 0 fully saturated rings. The summed E-state index contributed by atoms with van der Waals surface area (Å²) in [5.41, 5.74) is 1.54. The molecule has 0 saturated carbocycles. The Bertz CT molecular complexity index is 781. The Morgan fingerprint density at radius 1 is 1.33 bits per heavy atom. The first-order chi connectivity index (χ1) is 11.5. The van der Waals surface area contributed by atoms with Gasteiger partial charge in [-0.05, 0) is 30.7 Å². The second-order valence-corrected chi connectivity index (χ2v) is 5.96. The molecule has 0 aliphatic carbocycles. The summed E-state index contributed by atoms with van der Waals surface area (Å²) in [5, 5.41) is 2.81. The van der Waals surface area contributed by atoms with Gasteiger partial charge >= 0.3 is 0 Å². The summed E-state index contributed by atoms with van der Waals surface area (Å²) in [7, 11) is 3.28. The van der Waals surface area contributed by atoms with E-state index in [4.69, 9.17) is 9.15 Å². The van der Waals surface area contributed by atoms with Gasteiger partial charge in [-0.1, -0.05) is 6.07 Å².